The van der Waals surface area contributed by atoms with Crippen molar-refractivity contribution in [2.45, 2.75) is 40.7 Å². The molecule has 1 aliphatic rings. The topological polar surface area (TPSA) is 92.4 Å². The minimum absolute atomic E-state index is 0.563. The molecule has 2 aromatic carbocycles. The molecule has 5 rings (SSSR count). The molecule has 2 aromatic heterocycles. The molecule has 0 spiro atoms. The van der Waals surface area contributed by atoms with Gasteiger partial charge in [-0.15, -0.1) is 21.5 Å². The number of aromatic nitrogens is 3. The number of fused-ring (bicyclic) bond motifs is 3. The van der Waals surface area contributed by atoms with Gasteiger partial charge in [0, 0.05) is 27.4 Å². The fourth-order valence-electron chi connectivity index (χ4n) is 4.33. The van der Waals surface area contributed by atoms with Gasteiger partial charge in [0.2, 0.25) is 0 Å². The number of aryl methyl sites for hydroxylation is 3. The summed E-state index contributed by atoms with van der Waals surface area (Å²) >= 11 is 1.66. The highest BCUT2D eigenvalue weighted by molar-refractivity contribution is 7.15. The van der Waals surface area contributed by atoms with Crippen LogP contribution in [0.1, 0.15) is 51.7 Å². The second-order valence-electron chi connectivity index (χ2n) is 9.02. The lowest BCUT2D eigenvalue weighted by molar-refractivity contribution is -0.141. The van der Waals surface area contributed by atoms with E-state index in [1.165, 1.54) is 10.4 Å². The number of hydrogen-bond acceptors (Lipinski definition) is 6. The Morgan fingerprint density at radius 3 is 2.26 bits per heavy atom. The molecule has 7 nitrogen and oxygen atoms in total. The molecule has 0 radical (unpaired) electrons. The summed E-state index contributed by atoms with van der Waals surface area (Å²) in [5, 5.41) is 22.9. The average molecular weight is 486 g/mol. The van der Waals surface area contributed by atoms with Crippen LogP contribution in [0.15, 0.2) is 53.5 Å². The Morgan fingerprint density at radius 1 is 1.00 bits per heavy atom. The molecule has 2 N–H and O–H groups in total. The molecular formula is C27H27N5O2S. The molecule has 35 heavy (non-hydrogen) atoms. The molecule has 0 saturated heterocycles. The normalized spacial score (nSPS) is 15.6. The lowest BCUT2D eigenvalue weighted by atomic mass is 9.98. The molecule has 3 heterocycles. The number of aliphatic imine (C=N–C) groups is 1. The van der Waals surface area contributed by atoms with Crippen LogP contribution in [0.3, 0.4) is 0 Å². The van der Waals surface area contributed by atoms with Gasteiger partial charge in [-0.3, -0.25) is 14.4 Å². The van der Waals surface area contributed by atoms with E-state index in [0.717, 1.165) is 44.6 Å². The molecule has 1 unspecified atom stereocenters. The molecule has 0 bridgehead atoms. The monoisotopic (exact) mass is 485 g/mol. The zero-order chi connectivity index (χ0) is 24.9. The third-order valence-corrected chi connectivity index (χ3v) is 7.74. The maximum atomic E-state index is 12.0. The third kappa shape index (κ3) is 4.04. The summed E-state index contributed by atoms with van der Waals surface area (Å²) in [6.45, 7) is 9.82. The molecule has 0 fully saturated rings. The van der Waals surface area contributed by atoms with Crippen molar-refractivity contribution in [3.05, 3.63) is 87.3 Å². The first kappa shape index (κ1) is 23.0. The highest BCUT2D eigenvalue weighted by Crippen LogP contribution is 2.40. The Morgan fingerprint density at radius 2 is 1.63 bits per heavy atom. The number of carboxylic acid groups (broad SMARTS) is 1. The lowest BCUT2D eigenvalue weighted by Gasteiger charge is -2.16. The van der Waals surface area contributed by atoms with Crippen LogP contribution in [0.4, 0.5) is 11.4 Å². The molecule has 0 amide bonds. The fraction of sp³-hybridized carbons (Fsp3) is 0.259. The Balaban J connectivity index is 1.63. The van der Waals surface area contributed by atoms with Crippen molar-refractivity contribution >= 4 is 34.4 Å². The summed E-state index contributed by atoms with van der Waals surface area (Å²) in [7, 11) is 0. The second kappa shape index (κ2) is 8.78. The maximum Gasteiger partial charge on any atom is 0.308 e. The van der Waals surface area contributed by atoms with E-state index in [-0.39, 0.29) is 0 Å². The van der Waals surface area contributed by atoms with Crippen LogP contribution in [-0.2, 0) is 4.79 Å². The van der Waals surface area contributed by atoms with Gasteiger partial charge >= 0.3 is 5.97 Å². The first-order valence-electron chi connectivity index (χ1n) is 11.5. The molecule has 8 heteroatoms. The van der Waals surface area contributed by atoms with Gasteiger partial charge in [-0.05, 0) is 64.4 Å². The third-order valence-electron chi connectivity index (χ3n) is 6.55. The second-order valence-corrected chi connectivity index (χ2v) is 10.2. The zero-order valence-electron chi connectivity index (χ0n) is 20.3. The first-order chi connectivity index (χ1) is 16.7. The number of nitrogens with zero attached hydrogens (tertiary/aromatic N) is 4. The minimum atomic E-state index is -0.916. The first-order valence-corrected chi connectivity index (χ1v) is 12.3. The van der Waals surface area contributed by atoms with Crippen molar-refractivity contribution in [3.8, 4) is 5.00 Å². The number of anilines is 2. The summed E-state index contributed by atoms with van der Waals surface area (Å²) in [6.07, 6.45) is 0. The zero-order valence-corrected chi connectivity index (χ0v) is 21.1. The van der Waals surface area contributed by atoms with Crippen LogP contribution in [-0.4, -0.2) is 31.6 Å². The quantitative estimate of drug-likeness (QED) is 0.366. The molecule has 178 valence electrons. The van der Waals surface area contributed by atoms with Crippen molar-refractivity contribution in [1.29, 1.82) is 0 Å². The van der Waals surface area contributed by atoms with Crippen molar-refractivity contribution in [2.75, 3.05) is 5.32 Å². The van der Waals surface area contributed by atoms with Gasteiger partial charge in [-0.1, -0.05) is 29.8 Å². The van der Waals surface area contributed by atoms with Gasteiger partial charge in [0.05, 0.1) is 11.6 Å². The van der Waals surface area contributed by atoms with Crippen molar-refractivity contribution in [1.82, 2.24) is 14.8 Å². The Kier molecular flexibility index (Phi) is 5.76. The van der Waals surface area contributed by atoms with Crippen molar-refractivity contribution < 1.29 is 9.90 Å². The van der Waals surface area contributed by atoms with E-state index >= 15 is 0 Å². The highest BCUT2D eigenvalue weighted by atomic mass is 32.1. The Bertz CT molecular complexity index is 1450. The summed E-state index contributed by atoms with van der Waals surface area (Å²) < 4.78 is 1.98. The van der Waals surface area contributed by atoms with Crippen LogP contribution in [0.2, 0.25) is 0 Å². The fourth-order valence-corrected chi connectivity index (χ4v) is 5.55. The lowest BCUT2D eigenvalue weighted by Crippen LogP contribution is -2.21. The molecule has 1 aliphatic heterocycles. The summed E-state index contributed by atoms with van der Waals surface area (Å²) in [5.41, 5.74) is 7.06. The van der Waals surface area contributed by atoms with Gasteiger partial charge in [0.1, 0.15) is 16.9 Å². The maximum absolute atomic E-state index is 12.0. The number of aliphatic carboxylic acids is 1. The Hall–Kier alpha value is -3.78. The van der Waals surface area contributed by atoms with E-state index in [0.29, 0.717) is 5.82 Å². The number of carboxylic acids is 1. The SMILES string of the molecule is Cc1ccc(Nc2ccc(C3=N[C@@H](C(C)C(=O)O)c4nnc(C)n4-c4sc(C)c(C)c43)cc2)cc1. The number of benzene rings is 2. The average Bonchev–Trinajstić information content (AvgIpc) is 3.30. The van der Waals surface area contributed by atoms with Gasteiger partial charge < -0.3 is 10.4 Å². The molecular weight excluding hydrogens is 458 g/mol. The van der Waals surface area contributed by atoms with Crippen molar-refractivity contribution in [2.24, 2.45) is 10.9 Å². The predicted octanol–water partition coefficient (Wildman–Crippen LogP) is 5.92. The number of hydrogen-bond donors (Lipinski definition) is 2. The smallest absolute Gasteiger partial charge is 0.308 e. The highest BCUT2D eigenvalue weighted by Gasteiger charge is 2.36. The van der Waals surface area contributed by atoms with Gasteiger partial charge in [-0.2, -0.15) is 0 Å². The van der Waals surface area contributed by atoms with E-state index in [9.17, 15) is 9.90 Å². The summed E-state index contributed by atoms with van der Waals surface area (Å²) in [5.74, 6) is -0.391. The molecule has 0 saturated carbocycles. The number of carbonyl (C=O) groups is 1. The number of thiophene rings is 1. The minimum Gasteiger partial charge on any atom is -0.481 e. The number of nitrogens with one attached hydrogen (secondary N) is 1. The standard InChI is InChI=1S/C27H27N5O2S/c1-14-6-10-20(11-7-14)28-21-12-8-19(9-13-21)24-22-15(2)17(4)35-26(22)32-18(5)30-31-25(32)23(29-24)16(3)27(33)34/h6-13,16,23,28H,1-5H3,(H,33,34)/t16?,23-/m0/s1. The largest absolute Gasteiger partial charge is 0.481 e. The predicted molar refractivity (Wildman–Crippen MR) is 140 cm³/mol. The van der Waals surface area contributed by atoms with Gasteiger partial charge in [0.15, 0.2) is 5.82 Å². The van der Waals surface area contributed by atoms with Gasteiger partial charge in [0.25, 0.3) is 0 Å². The Labute approximate surface area is 208 Å². The van der Waals surface area contributed by atoms with E-state index in [1.54, 1.807) is 18.3 Å². The molecule has 0 aliphatic carbocycles. The summed E-state index contributed by atoms with van der Waals surface area (Å²) in [6, 6.07) is 15.7. The van der Waals surface area contributed by atoms with E-state index in [1.807, 2.05) is 35.8 Å². The van der Waals surface area contributed by atoms with Crippen LogP contribution in [0.5, 0.6) is 0 Å². The van der Waals surface area contributed by atoms with E-state index in [2.05, 4.69) is 60.6 Å². The summed E-state index contributed by atoms with van der Waals surface area (Å²) in [4.78, 5) is 18.3. The van der Waals surface area contributed by atoms with Gasteiger partial charge in [-0.25, -0.2) is 0 Å². The van der Waals surface area contributed by atoms with Crippen molar-refractivity contribution in [3.63, 3.8) is 0 Å². The number of rotatable bonds is 5. The van der Waals surface area contributed by atoms with E-state index in [4.69, 9.17) is 4.99 Å². The van der Waals surface area contributed by atoms with Crippen LogP contribution in [0, 0.1) is 33.6 Å². The van der Waals surface area contributed by atoms with Crippen LogP contribution < -0.4 is 5.32 Å². The molecule has 4 aromatic rings. The van der Waals surface area contributed by atoms with E-state index < -0.39 is 17.9 Å². The molecule has 2 atom stereocenters. The van der Waals surface area contributed by atoms with Crippen LogP contribution >= 0.6 is 11.3 Å². The van der Waals surface area contributed by atoms with Crippen LogP contribution in [0.25, 0.3) is 5.00 Å².